The van der Waals surface area contributed by atoms with Gasteiger partial charge in [0.25, 0.3) is 10.1 Å². The Balaban J connectivity index is 0.000000297. The van der Waals surface area contributed by atoms with E-state index < -0.39 is 21.8 Å². The summed E-state index contributed by atoms with van der Waals surface area (Å²) < 4.78 is 51.1. The third-order valence-corrected chi connectivity index (χ3v) is 5.98. The average molecular weight is 487 g/mol. The number of carboxylic acid groups (broad SMARTS) is 1. The number of carbonyl (C=O) groups is 1. The fraction of sp³-hybridized carbons (Fsp3) is 0.217. The summed E-state index contributed by atoms with van der Waals surface area (Å²) in [7, 11) is -1.07. The zero-order valence-electron chi connectivity index (χ0n) is 18.5. The van der Waals surface area contributed by atoms with Gasteiger partial charge in [-0.2, -0.15) is 12.8 Å². The van der Waals surface area contributed by atoms with Crippen LogP contribution in [0.1, 0.15) is 5.69 Å². The van der Waals surface area contributed by atoms with Crippen molar-refractivity contribution in [3.05, 3.63) is 48.3 Å². The number of aryl methyl sites for hydroxylation is 1. The number of hydrogen-bond donors (Lipinski definition) is 1. The highest BCUT2D eigenvalue weighted by Crippen LogP contribution is 2.38. The predicted octanol–water partition coefficient (Wildman–Crippen LogP) is 1.41. The predicted molar refractivity (Wildman–Crippen MR) is 120 cm³/mol. The van der Waals surface area contributed by atoms with Crippen molar-refractivity contribution in [1.82, 2.24) is 0 Å². The first-order valence-corrected chi connectivity index (χ1v) is 11.6. The van der Waals surface area contributed by atoms with Crippen LogP contribution >= 0.6 is 0 Å². The van der Waals surface area contributed by atoms with Gasteiger partial charge in [-0.25, -0.2) is 0 Å². The molecule has 4 aromatic rings. The van der Waals surface area contributed by atoms with Crippen LogP contribution in [0, 0.1) is 6.92 Å². The van der Waals surface area contributed by atoms with Gasteiger partial charge < -0.3 is 28.8 Å². The Kier molecular flexibility index (Phi) is 6.07. The van der Waals surface area contributed by atoms with Gasteiger partial charge in [0.15, 0.2) is 34.9 Å². The molecule has 0 atom stereocenters. The Labute approximate surface area is 194 Å². The topological polar surface area (TPSA) is 136 Å². The van der Waals surface area contributed by atoms with Gasteiger partial charge in [0, 0.05) is 19.1 Å². The first-order valence-electron chi connectivity index (χ1n) is 9.99. The summed E-state index contributed by atoms with van der Waals surface area (Å²) in [5.41, 5.74) is 2.25. The number of ether oxygens (including phenoxy) is 4. The van der Waals surface area contributed by atoms with Crippen molar-refractivity contribution >= 4 is 43.1 Å². The van der Waals surface area contributed by atoms with Gasteiger partial charge in [0.1, 0.15) is 5.75 Å². The molecule has 0 aliphatic carbocycles. The zero-order valence-corrected chi connectivity index (χ0v) is 19.3. The maximum absolute atomic E-state index is 9.58. The summed E-state index contributed by atoms with van der Waals surface area (Å²) in [6, 6.07) is 12.4. The number of hydrogen-bond acceptors (Lipinski definition) is 8. The second-order valence-corrected chi connectivity index (χ2v) is 8.94. The summed E-state index contributed by atoms with van der Waals surface area (Å²) in [5.74, 6) is -0.116. The number of carbonyl (C=O) groups excluding carboxylic acids is 1. The molecule has 0 bridgehead atoms. The van der Waals surface area contributed by atoms with Crippen LogP contribution in [0.3, 0.4) is 0 Å². The summed E-state index contributed by atoms with van der Waals surface area (Å²) in [6.45, 7) is 2.38. The van der Waals surface area contributed by atoms with Gasteiger partial charge in [0.2, 0.25) is 12.3 Å². The van der Waals surface area contributed by atoms with E-state index in [1.54, 1.807) is 14.2 Å². The third kappa shape index (κ3) is 4.47. The lowest BCUT2D eigenvalue weighted by Gasteiger charge is -2.10. The molecule has 11 heteroatoms. The first-order chi connectivity index (χ1) is 16.1. The molecule has 0 unspecified atom stereocenters. The normalized spacial score (nSPS) is 12.5. The molecule has 34 heavy (non-hydrogen) atoms. The molecule has 10 nitrogen and oxygen atoms in total. The van der Waals surface area contributed by atoms with E-state index in [-0.39, 0.29) is 6.79 Å². The second kappa shape index (κ2) is 8.84. The highest BCUT2D eigenvalue weighted by Gasteiger charge is 2.21. The lowest BCUT2D eigenvalue weighted by atomic mass is 10.0. The quantitative estimate of drug-likeness (QED) is 0.196. The van der Waals surface area contributed by atoms with E-state index in [9.17, 15) is 18.3 Å². The van der Waals surface area contributed by atoms with Crippen molar-refractivity contribution in [3.8, 4) is 23.0 Å². The fourth-order valence-electron chi connectivity index (χ4n) is 3.88. The minimum absolute atomic E-state index is 0.273. The van der Waals surface area contributed by atoms with Crippen molar-refractivity contribution in [2.24, 2.45) is 0 Å². The first kappa shape index (κ1) is 23.3. The zero-order chi connectivity index (χ0) is 24.6. The summed E-state index contributed by atoms with van der Waals surface area (Å²) in [6.07, 6.45) is 2.09. The molecule has 0 amide bonds. The molecular formula is C23H21NO9S. The van der Waals surface area contributed by atoms with Crippen LogP contribution in [0.15, 0.2) is 42.6 Å². The largest absolute Gasteiger partial charge is 0.549 e. The van der Waals surface area contributed by atoms with E-state index >= 15 is 0 Å². The molecule has 1 N–H and O–H groups in total. The van der Waals surface area contributed by atoms with E-state index in [2.05, 4.69) is 35.7 Å². The van der Waals surface area contributed by atoms with E-state index in [1.807, 2.05) is 18.2 Å². The van der Waals surface area contributed by atoms with Crippen LogP contribution in [-0.4, -0.2) is 45.7 Å². The molecule has 1 aliphatic heterocycles. The van der Waals surface area contributed by atoms with Crippen molar-refractivity contribution in [1.29, 1.82) is 0 Å². The van der Waals surface area contributed by atoms with Gasteiger partial charge >= 0.3 is 0 Å². The average Bonchev–Trinajstić information content (AvgIpc) is 3.23. The summed E-state index contributed by atoms with van der Waals surface area (Å²) >= 11 is 0. The summed E-state index contributed by atoms with van der Waals surface area (Å²) in [4.78, 5) is 9.36. The molecule has 0 saturated heterocycles. The molecular weight excluding hydrogens is 466 g/mol. The lowest BCUT2D eigenvalue weighted by molar-refractivity contribution is -0.516. The standard InChI is InChI=1S/C21H18NO4.C2H4O5S/c1-12-15-9-19(24-3)18(23-2)8-14(15)6-17-16-10-21-20(25-11-26-21)7-13(16)4-5-22(12)17;3-2(4)1-8(5,6)7/h4-10H,11H2,1-3H3;1H2,(H,3,4)(H,5,6,7)/q+1;/p-1. The number of methoxy groups -OCH3 is 2. The molecule has 178 valence electrons. The van der Waals surface area contributed by atoms with Gasteiger partial charge in [0.05, 0.1) is 31.0 Å². The van der Waals surface area contributed by atoms with Crippen LogP contribution in [-0.2, 0) is 14.9 Å². The second-order valence-electron chi connectivity index (χ2n) is 7.49. The van der Waals surface area contributed by atoms with Crippen LogP contribution in [0.5, 0.6) is 23.0 Å². The number of benzene rings is 2. The Morgan fingerprint density at radius 2 is 1.68 bits per heavy atom. The Morgan fingerprint density at radius 1 is 1.03 bits per heavy atom. The molecule has 3 heterocycles. The number of rotatable bonds is 4. The minimum Gasteiger partial charge on any atom is -0.549 e. The van der Waals surface area contributed by atoms with E-state index in [1.165, 1.54) is 0 Å². The van der Waals surface area contributed by atoms with Gasteiger partial charge in [-0.15, -0.1) is 0 Å². The maximum Gasteiger partial charge on any atom is 0.270 e. The molecule has 2 aromatic heterocycles. The monoisotopic (exact) mass is 487 g/mol. The number of nitrogens with zero attached hydrogens (tertiary/aromatic N) is 1. The number of aliphatic carboxylic acids is 1. The van der Waals surface area contributed by atoms with E-state index in [0.717, 1.165) is 55.8 Å². The molecule has 1 aliphatic rings. The van der Waals surface area contributed by atoms with Crippen molar-refractivity contribution < 1.29 is 46.2 Å². The molecule has 0 fully saturated rings. The molecule has 0 radical (unpaired) electrons. The fourth-order valence-corrected chi connectivity index (χ4v) is 4.17. The lowest BCUT2D eigenvalue weighted by Crippen LogP contribution is -2.30. The number of aromatic nitrogens is 1. The van der Waals surface area contributed by atoms with E-state index in [4.69, 9.17) is 23.5 Å². The van der Waals surface area contributed by atoms with Crippen molar-refractivity contribution in [2.45, 2.75) is 6.92 Å². The minimum atomic E-state index is -4.39. The van der Waals surface area contributed by atoms with Crippen LogP contribution in [0.25, 0.3) is 27.1 Å². The highest BCUT2D eigenvalue weighted by molar-refractivity contribution is 7.86. The Hall–Kier alpha value is -3.83. The summed E-state index contributed by atoms with van der Waals surface area (Å²) in [5, 5.41) is 13.8. The van der Waals surface area contributed by atoms with Gasteiger partial charge in [-0.1, -0.05) is 0 Å². The maximum atomic E-state index is 9.58. The van der Waals surface area contributed by atoms with Gasteiger partial charge in [-0.3, -0.25) is 4.55 Å². The van der Waals surface area contributed by atoms with Crippen LogP contribution in [0.4, 0.5) is 0 Å². The van der Waals surface area contributed by atoms with Gasteiger partial charge in [-0.05, 0) is 35.0 Å². The SMILES string of the molecule is COc1cc2cc3c4cc5c(cc4cc[n+]3c(C)c2cc1OC)OCO5.O=C([O-])CS(=O)(=O)O. The molecule has 0 spiro atoms. The molecule has 2 aromatic carbocycles. The van der Waals surface area contributed by atoms with Crippen molar-refractivity contribution in [2.75, 3.05) is 26.8 Å². The number of pyridine rings is 2. The number of fused-ring (bicyclic) bond motifs is 5. The van der Waals surface area contributed by atoms with Crippen LogP contribution < -0.4 is 28.5 Å². The van der Waals surface area contributed by atoms with Crippen LogP contribution in [0.2, 0.25) is 0 Å². The Morgan fingerprint density at radius 3 is 2.26 bits per heavy atom. The van der Waals surface area contributed by atoms with E-state index in [0.29, 0.717) is 0 Å². The smallest absolute Gasteiger partial charge is 0.270 e. The molecule has 5 rings (SSSR count). The third-order valence-electron chi connectivity index (χ3n) is 5.38. The Bertz CT molecular complexity index is 1550. The van der Waals surface area contributed by atoms with Crippen molar-refractivity contribution in [3.63, 3.8) is 0 Å². The highest BCUT2D eigenvalue weighted by atomic mass is 32.2. The number of carboxylic acids is 1. The molecule has 0 saturated carbocycles.